The highest BCUT2D eigenvalue weighted by Gasteiger charge is 2.16. The summed E-state index contributed by atoms with van der Waals surface area (Å²) in [5.41, 5.74) is 2.46. The Hall–Kier alpha value is -4.10. The SMILES string of the molecule is CC(C)(C)c1ccc(C(=O)Nc2cccc(NS(=O)(=O)c3ccc(Oc4ccccc4)cc3)c2)cc1. The van der Waals surface area contributed by atoms with E-state index >= 15 is 0 Å². The van der Waals surface area contributed by atoms with Crippen LogP contribution in [-0.2, 0) is 15.4 Å². The molecule has 0 bridgehead atoms. The Balaban J connectivity index is 1.43. The number of benzene rings is 4. The average molecular weight is 501 g/mol. The maximum atomic E-state index is 12.9. The van der Waals surface area contributed by atoms with E-state index in [1.807, 2.05) is 42.5 Å². The van der Waals surface area contributed by atoms with Crippen LogP contribution in [-0.4, -0.2) is 14.3 Å². The van der Waals surface area contributed by atoms with Gasteiger partial charge in [-0.3, -0.25) is 9.52 Å². The van der Waals surface area contributed by atoms with E-state index in [1.54, 1.807) is 48.5 Å². The van der Waals surface area contributed by atoms with Gasteiger partial charge in [0.25, 0.3) is 15.9 Å². The number of ether oxygens (including phenoxy) is 1. The van der Waals surface area contributed by atoms with Crippen LogP contribution in [0.4, 0.5) is 11.4 Å². The molecule has 0 fully saturated rings. The molecule has 0 heterocycles. The Morgan fingerprint density at radius 1 is 0.722 bits per heavy atom. The fourth-order valence-electron chi connectivity index (χ4n) is 3.51. The van der Waals surface area contributed by atoms with Crippen molar-refractivity contribution in [1.82, 2.24) is 0 Å². The third kappa shape index (κ3) is 6.31. The van der Waals surface area contributed by atoms with Gasteiger partial charge in [0, 0.05) is 11.3 Å². The second-order valence-electron chi connectivity index (χ2n) is 9.35. The lowest BCUT2D eigenvalue weighted by atomic mass is 9.87. The molecule has 4 rings (SSSR count). The predicted octanol–water partition coefficient (Wildman–Crippen LogP) is 6.83. The van der Waals surface area contributed by atoms with Crippen molar-refractivity contribution in [2.75, 3.05) is 10.0 Å². The van der Waals surface area contributed by atoms with Crippen molar-refractivity contribution >= 4 is 27.3 Å². The summed E-state index contributed by atoms with van der Waals surface area (Å²) in [4.78, 5) is 12.8. The molecule has 184 valence electrons. The van der Waals surface area contributed by atoms with Crippen molar-refractivity contribution in [3.8, 4) is 11.5 Å². The maximum Gasteiger partial charge on any atom is 0.261 e. The summed E-state index contributed by atoms with van der Waals surface area (Å²) in [7, 11) is -3.84. The van der Waals surface area contributed by atoms with Gasteiger partial charge in [-0.25, -0.2) is 8.42 Å². The zero-order valence-corrected chi connectivity index (χ0v) is 21.2. The number of rotatable bonds is 7. The van der Waals surface area contributed by atoms with Gasteiger partial charge >= 0.3 is 0 Å². The van der Waals surface area contributed by atoms with Crippen LogP contribution in [0.3, 0.4) is 0 Å². The van der Waals surface area contributed by atoms with Gasteiger partial charge in [-0.15, -0.1) is 0 Å². The second kappa shape index (κ2) is 10.3. The van der Waals surface area contributed by atoms with Crippen molar-refractivity contribution in [3.05, 3.63) is 114 Å². The minimum absolute atomic E-state index is 0.00423. The van der Waals surface area contributed by atoms with Crippen molar-refractivity contribution in [2.45, 2.75) is 31.1 Å². The molecule has 0 aromatic heterocycles. The molecule has 0 unspecified atom stereocenters. The van der Waals surface area contributed by atoms with Crippen molar-refractivity contribution in [1.29, 1.82) is 0 Å². The van der Waals surface area contributed by atoms with Gasteiger partial charge < -0.3 is 10.1 Å². The van der Waals surface area contributed by atoms with Gasteiger partial charge in [0.1, 0.15) is 11.5 Å². The highest BCUT2D eigenvalue weighted by molar-refractivity contribution is 7.92. The summed E-state index contributed by atoms with van der Waals surface area (Å²) in [6, 6.07) is 29.4. The first-order valence-corrected chi connectivity index (χ1v) is 13.0. The molecule has 1 amide bonds. The number of hydrogen-bond acceptors (Lipinski definition) is 4. The standard InChI is InChI=1S/C29H28N2O4S/c1-29(2,3)22-14-12-21(13-15-22)28(32)30-23-8-7-9-24(20-23)31-36(33,34)27-18-16-26(17-19-27)35-25-10-5-4-6-11-25/h4-20,31H,1-3H3,(H,30,32). The second-order valence-corrected chi connectivity index (χ2v) is 11.0. The summed E-state index contributed by atoms with van der Waals surface area (Å²) in [5.74, 6) is 0.917. The molecular weight excluding hydrogens is 472 g/mol. The first kappa shape index (κ1) is 25.0. The first-order valence-electron chi connectivity index (χ1n) is 11.5. The van der Waals surface area contributed by atoms with E-state index in [9.17, 15) is 13.2 Å². The molecule has 2 N–H and O–H groups in total. The monoisotopic (exact) mass is 500 g/mol. The number of carbonyl (C=O) groups excluding carboxylic acids is 1. The predicted molar refractivity (Wildman–Crippen MR) is 143 cm³/mol. The largest absolute Gasteiger partial charge is 0.457 e. The number of sulfonamides is 1. The Morgan fingerprint density at radius 3 is 1.97 bits per heavy atom. The van der Waals surface area contributed by atoms with Crippen LogP contribution in [0.5, 0.6) is 11.5 Å². The highest BCUT2D eigenvalue weighted by atomic mass is 32.2. The molecule has 0 saturated carbocycles. The number of carbonyl (C=O) groups is 1. The lowest BCUT2D eigenvalue weighted by molar-refractivity contribution is 0.102. The molecule has 0 saturated heterocycles. The van der Waals surface area contributed by atoms with E-state index in [2.05, 4.69) is 30.8 Å². The van der Waals surface area contributed by atoms with E-state index in [1.165, 1.54) is 12.1 Å². The van der Waals surface area contributed by atoms with E-state index in [0.29, 0.717) is 28.4 Å². The zero-order valence-electron chi connectivity index (χ0n) is 20.4. The van der Waals surface area contributed by atoms with Gasteiger partial charge in [-0.2, -0.15) is 0 Å². The molecule has 6 nitrogen and oxygen atoms in total. The lowest BCUT2D eigenvalue weighted by Crippen LogP contribution is -2.15. The molecule has 4 aromatic rings. The maximum absolute atomic E-state index is 12.9. The summed E-state index contributed by atoms with van der Waals surface area (Å²) in [5, 5.41) is 2.82. The summed E-state index contributed by atoms with van der Waals surface area (Å²) in [6.07, 6.45) is 0. The van der Waals surface area contributed by atoms with Gasteiger partial charge in [0.2, 0.25) is 0 Å². The van der Waals surface area contributed by atoms with Crippen molar-refractivity contribution < 1.29 is 17.9 Å². The Morgan fingerprint density at radius 2 is 1.33 bits per heavy atom. The summed E-state index contributed by atoms with van der Waals surface area (Å²) >= 11 is 0. The van der Waals surface area contributed by atoms with E-state index < -0.39 is 10.0 Å². The van der Waals surface area contributed by atoms with E-state index in [0.717, 1.165) is 5.56 Å². The fraction of sp³-hybridized carbons (Fsp3) is 0.138. The molecule has 0 radical (unpaired) electrons. The molecular formula is C29H28N2O4S. The van der Waals surface area contributed by atoms with Crippen molar-refractivity contribution in [3.63, 3.8) is 0 Å². The third-order valence-electron chi connectivity index (χ3n) is 5.50. The minimum Gasteiger partial charge on any atom is -0.457 e. The zero-order chi connectivity index (χ0) is 25.8. The number of nitrogens with one attached hydrogen (secondary N) is 2. The Labute approximate surface area is 212 Å². The lowest BCUT2D eigenvalue weighted by Gasteiger charge is -2.19. The minimum atomic E-state index is -3.84. The molecule has 0 spiro atoms. The van der Waals surface area contributed by atoms with Crippen molar-refractivity contribution in [2.24, 2.45) is 0 Å². The molecule has 4 aromatic carbocycles. The van der Waals surface area contributed by atoms with Gasteiger partial charge in [-0.05, 0) is 77.7 Å². The Bertz CT molecular complexity index is 1440. The topological polar surface area (TPSA) is 84.5 Å². The molecule has 0 aliphatic rings. The average Bonchev–Trinajstić information content (AvgIpc) is 2.84. The number of amides is 1. The fourth-order valence-corrected chi connectivity index (χ4v) is 4.56. The number of anilines is 2. The molecule has 0 atom stereocenters. The van der Waals surface area contributed by atoms with Crippen LogP contribution in [0, 0.1) is 0 Å². The van der Waals surface area contributed by atoms with Crippen LogP contribution in [0.2, 0.25) is 0 Å². The van der Waals surface area contributed by atoms with Gasteiger partial charge in [0.05, 0.1) is 10.6 Å². The highest BCUT2D eigenvalue weighted by Crippen LogP contribution is 2.25. The normalized spacial score (nSPS) is 11.5. The quantitative estimate of drug-likeness (QED) is 0.291. The smallest absolute Gasteiger partial charge is 0.261 e. The van der Waals surface area contributed by atoms with Gasteiger partial charge in [0.15, 0.2) is 0 Å². The van der Waals surface area contributed by atoms with Crippen LogP contribution >= 0.6 is 0 Å². The molecule has 36 heavy (non-hydrogen) atoms. The van der Waals surface area contributed by atoms with Crippen LogP contribution in [0.25, 0.3) is 0 Å². The molecule has 7 heteroatoms. The van der Waals surface area contributed by atoms with E-state index in [4.69, 9.17) is 4.74 Å². The third-order valence-corrected chi connectivity index (χ3v) is 6.90. The van der Waals surface area contributed by atoms with E-state index in [-0.39, 0.29) is 16.2 Å². The first-order chi connectivity index (χ1) is 17.1. The van der Waals surface area contributed by atoms with Crippen LogP contribution < -0.4 is 14.8 Å². The number of hydrogen-bond donors (Lipinski definition) is 2. The van der Waals surface area contributed by atoms with Crippen LogP contribution in [0.1, 0.15) is 36.7 Å². The van der Waals surface area contributed by atoms with Crippen LogP contribution in [0.15, 0.2) is 108 Å². The Kier molecular flexibility index (Phi) is 7.12. The number of para-hydroxylation sites is 1. The summed E-state index contributed by atoms with van der Waals surface area (Å²) < 4.78 is 34.1. The van der Waals surface area contributed by atoms with Gasteiger partial charge in [-0.1, -0.05) is 57.2 Å². The molecule has 0 aliphatic carbocycles. The summed E-state index contributed by atoms with van der Waals surface area (Å²) in [6.45, 7) is 6.34. The molecule has 0 aliphatic heterocycles.